The predicted octanol–water partition coefficient (Wildman–Crippen LogP) is 4.33. The number of benzene rings is 2. The minimum atomic E-state index is -0.709. The van der Waals surface area contributed by atoms with Crippen LogP contribution in [0, 0.1) is 11.3 Å². The van der Waals surface area contributed by atoms with Crippen LogP contribution in [0.5, 0.6) is 11.5 Å². The van der Waals surface area contributed by atoms with Crippen LogP contribution in [0.1, 0.15) is 25.0 Å². The van der Waals surface area contributed by atoms with E-state index in [1.165, 1.54) is 24.3 Å². The summed E-state index contributed by atoms with van der Waals surface area (Å²) in [6, 6.07) is 15.2. The third kappa shape index (κ3) is 6.54. The normalized spacial score (nSPS) is 10.6. The van der Waals surface area contributed by atoms with Gasteiger partial charge in [0.2, 0.25) is 0 Å². The Bertz CT molecular complexity index is 818. The minimum Gasteiger partial charge on any atom is -0.504 e. The molecular weight excluding hydrogens is 330 g/mol. The average Bonchev–Trinajstić information content (AvgIpc) is 2.68. The highest BCUT2D eigenvalue weighted by atomic mass is 16.5. The number of aromatic hydroxyl groups is 2. The van der Waals surface area contributed by atoms with E-state index in [0.717, 1.165) is 5.56 Å². The Hall–Kier alpha value is -3.52. The van der Waals surface area contributed by atoms with Crippen molar-refractivity contribution >= 4 is 12.0 Å². The highest BCUT2D eigenvalue weighted by molar-refractivity contribution is 5.93. The molecule has 0 fully saturated rings. The fraction of sp³-hybridized carbons (Fsp3) is 0.143. The maximum absolute atomic E-state index is 11.9. The first-order chi connectivity index (χ1) is 12.6. The minimum absolute atomic E-state index is 0.0915. The third-order valence-electron chi connectivity index (χ3n) is 3.10. The average molecular weight is 351 g/mol. The number of nitriles is 1. The molecule has 2 rings (SSSR count). The molecule has 0 aliphatic carbocycles. The number of esters is 1. The van der Waals surface area contributed by atoms with Crippen LogP contribution in [0.3, 0.4) is 0 Å². The lowest BCUT2D eigenvalue weighted by molar-refractivity contribution is -0.139. The first-order valence-electron chi connectivity index (χ1n) is 8.11. The zero-order chi connectivity index (χ0) is 19.4. The maximum Gasteiger partial charge on any atom is 0.349 e. The number of rotatable bonds is 5. The number of hydrogen-bond donors (Lipinski definition) is 2. The summed E-state index contributed by atoms with van der Waals surface area (Å²) in [4.78, 5) is 11.9. The number of ether oxygens (including phenoxy) is 1. The van der Waals surface area contributed by atoms with Crippen molar-refractivity contribution < 1.29 is 19.7 Å². The first-order valence-corrected chi connectivity index (χ1v) is 8.11. The van der Waals surface area contributed by atoms with Crippen molar-refractivity contribution in [2.24, 2.45) is 0 Å². The van der Waals surface area contributed by atoms with Crippen LogP contribution in [0.4, 0.5) is 0 Å². The molecule has 5 nitrogen and oxygen atoms in total. The van der Waals surface area contributed by atoms with E-state index < -0.39 is 5.97 Å². The molecule has 0 spiro atoms. The van der Waals surface area contributed by atoms with Crippen LogP contribution < -0.4 is 0 Å². The zero-order valence-corrected chi connectivity index (χ0v) is 14.7. The van der Waals surface area contributed by atoms with E-state index in [9.17, 15) is 15.0 Å². The molecule has 26 heavy (non-hydrogen) atoms. The van der Waals surface area contributed by atoms with Gasteiger partial charge in [-0.2, -0.15) is 5.26 Å². The molecule has 0 aromatic heterocycles. The smallest absolute Gasteiger partial charge is 0.349 e. The second kappa shape index (κ2) is 11.1. The van der Waals surface area contributed by atoms with Gasteiger partial charge in [0.15, 0.2) is 11.5 Å². The molecule has 0 radical (unpaired) electrons. The molecule has 5 heteroatoms. The molecule has 0 saturated carbocycles. The van der Waals surface area contributed by atoms with Crippen LogP contribution in [-0.2, 0) is 16.1 Å². The number of hydrogen-bond acceptors (Lipinski definition) is 5. The van der Waals surface area contributed by atoms with Crippen LogP contribution in [0.15, 0.2) is 66.3 Å². The Labute approximate surface area is 153 Å². The van der Waals surface area contributed by atoms with Crippen molar-refractivity contribution in [2.75, 3.05) is 0 Å². The van der Waals surface area contributed by atoms with E-state index in [2.05, 4.69) is 0 Å². The van der Waals surface area contributed by atoms with Gasteiger partial charge in [0.05, 0.1) is 0 Å². The van der Waals surface area contributed by atoms with Crippen LogP contribution in [0.25, 0.3) is 6.08 Å². The van der Waals surface area contributed by atoms with Crippen molar-refractivity contribution in [3.05, 3.63) is 77.4 Å². The second-order valence-electron chi connectivity index (χ2n) is 4.86. The molecular formula is C21H21NO4. The molecule has 0 aliphatic heterocycles. The summed E-state index contributed by atoms with van der Waals surface area (Å²) >= 11 is 0. The maximum atomic E-state index is 11.9. The molecule has 2 N–H and O–H groups in total. The van der Waals surface area contributed by atoms with Gasteiger partial charge in [0.25, 0.3) is 0 Å². The summed E-state index contributed by atoms with van der Waals surface area (Å²) in [6.45, 7) is 4.09. The SMILES string of the molecule is CC.N#C/C(=C\C=C\c1ccc(O)c(O)c1)C(=O)OCc1ccccc1. The number of phenols is 2. The summed E-state index contributed by atoms with van der Waals surface area (Å²) in [5.41, 5.74) is 1.31. The Kier molecular flexibility index (Phi) is 8.77. The van der Waals surface area contributed by atoms with E-state index >= 15 is 0 Å². The van der Waals surface area contributed by atoms with E-state index in [1.807, 2.05) is 44.2 Å². The number of carbonyl (C=O) groups is 1. The van der Waals surface area contributed by atoms with E-state index in [0.29, 0.717) is 5.56 Å². The topological polar surface area (TPSA) is 90.5 Å². The molecule has 0 unspecified atom stereocenters. The zero-order valence-electron chi connectivity index (χ0n) is 14.7. The summed E-state index contributed by atoms with van der Waals surface area (Å²) < 4.78 is 5.08. The molecule has 0 amide bonds. The van der Waals surface area contributed by atoms with Gasteiger partial charge in [-0.3, -0.25) is 0 Å². The highest BCUT2D eigenvalue weighted by Gasteiger charge is 2.09. The van der Waals surface area contributed by atoms with Gasteiger partial charge < -0.3 is 14.9 Å². The first kappa shape index (κ1) is 20.5. The van der Waals surface area contributed by atoms with Crippen molar-refractivity contribution in [1.82, 2.24) is 0 Å². The van der Waals surface area contributed by atoms with Gasteiger partial charge in [-0.05, 0) is 29.3 Å². The lowest BCUT2D eigenvalue weighted by Gasteiger charge is -2.03. The lowest BCUT2D eigenvalue weighted by atomic mass is 10.1. The molecule has 0 aliphatic rings. The van der Waals surface area contributed by atoms with Crippen LogP contribution in [-0.4, -0.2) is 16.2 Å². The largest absolute Gasteiger partial charge is 0.504 e. The Morgan fingerprint density at radius 2 is 1.81 bits per heavy atom. The number of phenolic OH excluding ortho intramolecular Hbond substituents is 2. The molecule has 0 saturated heterocycles. The van der Waals surface area contributed by atoms with Crippen LogP contribution >= 0.6 is 0 Å². The number of carbonyl (C=O) groups excluding carboxylic acids is 1. The molecule has 0 heterocycles. The standard InChI is InChI=1S/C19H15NO4.C2H6/c20-12-16(19(23)24-13-15-5-2-1-3-6-15)8-4-7-14-9-10-17(21)18(22)11-14;1-2/h1-11,21-22H,13H2;1-2H3/b7-4+,16-8+;. The quantitative estimate of drug-likeness (QED) is 0.275. The van der Waals surface area contributed by atoms with Gasteiger partial charge >= 0.3 is 5.97 Å². The molecule has 134 valence electrons. The van der Waals surface area contributed by atoms with Gasteiger partial charge in [0.1, 0.15) is 18.2 Å². The summed E-state index contributed by atoms with van der Waals surface area (Å²) in [5.74, 6) is -1.17. The Balaban J connectivity index is 0.00000163. The highest BCUT2D eigenvalue weighted by Crippen LogP contribution is 2.25. The van der Waals surface area contributed by atoms with Gasteiger partial charge in [-0.15, -0.1) is 0 Å². The van der Waals surface area contributed by atoms with Crippen LogP contribution in [0.2, 0.25) is 0 Å². The van der Waals surface area contributed by atoms with E-state index in [4.69, 9.17) is 10.00 Å². The predicted molar refractivity (Wildman–Crippen MR) is 100 cm³/mol. The van der Waals surface area contributed by atoms with Gasteiger partial charge in [-0.25, -0.2) is 4.79 Å². The molecule has 2 aromatic rings. The van der Waals surface area contributed by atoms with E-state index in [-0.39, 0.29) is 23.7 Å². The Morgan fingerprint density at radius 3 is 2.42 bits per heavy atom. The number of nitrogens with zero attached hydrogens (tertiary/aromatic N) is 1. The van der Waals surface area contributed by atoms with Crippen molar-refractivity contribution in [1.29, 1.82) is 5.26 Å². The van der Waals surface area contributed by atoms with Gasteiger partial charge in [-0.1, -0.05) is 62.4 Å². The fourth-order valence-corrected chi connectivity index (χ4v) is 1.85. The molecule has 0 bridgehead atoms. The third-order valence-corrected chi connectivity index (χ3v) is 3.10. The monoisotopic (exact) mass is 351 g/mol. The van der Waals surface area contributed by atoms with Crippen molar-refractivity contribution in [3.63, 3.8) is 0 Å². The van der Waals surface area contributed by atoms with E-state index in [1.54, 1.807) is 18.2 Å². The van der Waals surface area contributed by atoms with Crippen molar-refractivity contribution in [3.8, 4) is 17.6 Å². The second-order valence-corrected chi connectivity index (χ2v) is 4.86. The fourth-order valence-electron chi connectivity index (χ4n) is 1.85. The van der Waals surface area contributed by atoms with Crippen molar-refractivity contribution in [2.45, 2.75) is 20.5 Å². The lowest BCUT2D eigenvalue weighted by Crippen LogP contribution is -2.06. The van der Waals surface area contributed by atoms with Gasteiger partial charge in [0, 0.05) is 0 Å². The molecule has 2 aromatic carbocycles. The molecule has 0 atom stereocenters. The summed E-state index contributed by atoms with van der Waals surface area (Å²) in [6.07, 6.45) is 4.41. The number of allylic oxidation sites excluding steroid dienone is 2. The summed E-state index contributed by atoms with van der Waals surface area (Å²) in [7, 11) is 0. The Morgan fingerprint density at radius 1 is 1.12 bits per heavy atom. The summed E-state index contributed by atoms with van der Waals surface area (Å²) in [5, 5.41) is 27.7.